The average Bonchev–Trinajstić information content (AvgIpc) is 3.70. The summed E-state index contributed by atoms with van der Waals surface area (Å²) >= 11 is 0. The number of aliphatic hydroxyl groups excluding tert-OH is 3. The molecule has 7 rings (SSSR count). The lowest BCUT2D eigenvalue weighted by Crippen LogP contribution is -2.49. The van der Waals surface area contributed by atoms with Crippen LogP contribution in [0.2, 0.25) is 0 Å². The maximum absolute atomic E-state index is 14.6. The van der Waals surface area contributed by atoms with Gasteiger partial charge in [0.2, 0.25) is 0 Å². The minimum atomic E-state index is -1.92. The maximum atomic E-state index is 14.6. The molecule has 1 spiro atoms. The van der Waals surface area contributed by atoms with Crippen LogP contribution in [0.25, 0.3) is 10.8 Å². The highest BCUT2D eigenvalue weighted by Crippen LogP contribution is 2.51. The van der Waals surface area contributed by atoms with Crippen LogP contribution >= 0.6 is 0 Å². The Hall–Kier alpha value is -4.34. The molecular formula is C44H60N4O10. The zero-order valence-corrected chi connectivity index (χ0v) is 35.2. The SMILES string of the molecule is CC[C@@H](C)N1CCC2(CC1)N=c1c(c3c4c5c(C)c(O)c3c(O)c1=NC(=O)/C(C)=C\C=C/[C@H](C)[C@H](O)[C@@H](C)[C@@H](O)[C@@H](C)[C@H](O)[C@H](C)[C@@H](OC)/C=C\O[C@@](C)(O5)C4=O)N2. The van der Waals surface area contributed by atoms with E-state index in [1.54, 1.807) is 65.8 Å². The Kier molecular flexibility index (Phi) is 12.2. The van der Waals surface area contributed by atoms with Gasteiger partial charge in [-0.2, -0.15) is 0 Å². The fourth-order valence-corrected chi connectivity index (χ4v) is 8.82. The van der Waals surface area contributed by atoms with Crippen molar-refractivity contribution in [2.45, 2.75) is 123 Å². The summed E-state index contributed by atoms with van der Waals surface area (Å²) in [7, 11) is 1.47. The van der Waals surface area contributed by atoms with E-state index in [4.69, 9.17) is 19.2 Å². The quantitative estimate of drug-likeness (QED) is 0.240. The molecule has 1 fully saturated rings. The Balaban J connectivity index is 1.56. The standard InChI is InChI=1S/C44H60N4O10/c1-11-23(4)48-18-16-44(17-19-48)46-32-29-30-38(52)27(8)40-31(29)41(54)43(9,58-40)57-20-15-28(56-10)24(5)36(50)26(7)37(51)25(6)35(49)21(2)13-12-14-22(3)42(55)45-34(39(30)53)33(32)47-44/h12-15,20-21,23-26,28,35-37,46,49-53H,11,16-19H2,1-10H3/b13-12-,20-15-,22-14-,45-34?/t21-,23+,24+,25+,26-,28-,35-,36+,37+,43-/m0/s1. The van der Waals surface area contributed by atoms with E-state index in [0.29, 0.717) is 24.6 Å². The van der Waals surface area contributed by atoms with E-state index in [9.17, 15) is 35.1 Å². The number of ketones is 1. The number of aliphatic hydroxyl groups is 3. The predicted molar refractivity (Wildman–Crippen MR) is 218 cm³/mol. The van der Waals surface area contributed by atoms with Crippen LogP contribution in [-0.2, 0) is 14.3 Å². The number of methoxy groups -OCH3 is 1. The van der Waals surface area contributed by atoms with Gasteiger partial charge in [-0.3, -0.25) is 14.6 Å². The van der Waals surface area contributed by atoms with Gasteiger partial charge in [0.05, 0.1) is 47.3 Å². The van der Waals surface area contributed by atoms with Gasteiger partial charge in [-0.15, -0.1) is 0 Å². The number of phenols is 2. The number of rotatable bonds is 3. The summed E-state index contributed by atoms with van der Waals surface area (Å²) in [5.41, 5.74) is -0.0493. The third-order valence-electron chi connectivity index (χ3n) is 13.2. The van der Waals surface area contributed by atoms with Crippen LogP contribution < -0.4 is 20.8 Å². The number of carbonyl (C=O) groups is 2. The van der Waals surface area contributed by atoms with Gasteiger partial charge in [-0.25, -0.2) is 4.99 Å². The van der Waals surface area contributed by atoms with Crippen LogP contribution in [0.3, 0.4) is 0 Å². The van der Waals surface area contributed by atoms with Crippen molar-refractivity contribution in [3.8, 4) is 17.2 Å². The van der Waals surface area contributed by atoms with E-state index in [0.717, 1.165) is 19.5 Å². The summed E-state index contributed by atoms with van der Waals surface area (Å²) in [6.45, 7) is 17.3. The molecule has 0 unspecified atom stereocenters. The van der Waals surface area contributed by atoms with Crippen molar-refractivity contribution in [3.63, 3.8) is 0 Å². The second-order valence-electron chi connectivity index (χ2n) is 17.0. The number of nitrogens with zero attached hydrogens (tertiary/aromatic N) is 3. The first-order chi connectivity index (χ1) is 27.3. The van der Waals surface area contributed by atoms with Crippen molar-refractivity contribution in [1.29, 1.82) is 0 Å². The largest absolute Gasteiger partial charge is 0.507 e. The Morgan fingerprint density at radius 1 is 0.948 bits per heavy atom. The van der Waals surface area contributed by atoms with E-state index in [-0.39, 0.29) is 49.7 Å². The number of ether oxygens (including phenoxy) is 3. The predicted octanol–water partition coefficient (Wildman–Crippen LogP) is 4.32. The van der Waals surface area contributed by atoms with Gasteiger partial charge in [0.1, 0.15) is 27.9 Å². The van der Waals surface area contributed by atoms with Crippen molar-refractivity contribution < 1.29 is 49.3 Å². The number of aromatic hydroxyl groups is 2. The summed E-state index contributed by atoms with van der Waals surface area (Å²) < 4.78 is 18.0. The highest BCUT2D eigenvalue weighted by atomic mass is 16.7. The van der Waals surface area contributed by atoms with Crippen LogP contribution in [0, 0.1) is 30.6 Å². The van der Waals surface area contributed by atoms with Gasteiger partial charge >= 0.3 is 5.79 Å². The highest BCUT2D eigenvalue weighted by molar-refractivity contribution is 6.21. The summed E-state index contributed by atoms with van der Waals surface area (Å²) in [4.78, 5) is 40.3. The number of fused-ring (bicyclic) bond motifs is 13. The van der Waals surface area contributed by atoms with E-state index in [2.05, 4.69) is 29.1 Å². The molecule has 0 aromatic heterocycles. The van der Waals surface area contributed by atoms with Gasteiger partial charge in [0.25, 0.3) is 11.7 Å². The van der Waals surface area contributed by atoms with Crippen LogP contribution in [0.5, 0.6) is 17.2 Å². The number of anilines is 1. The molecule has 1 saturated heterocycles. The number of Topliss-reactive ketones (excluding diaryl/α,β-unsaturated/α-hetero) is 1. The third-order valence-corrected chi connectivity index (χ3v) is 13.2. The zero-order valence-electron chi connectivity index (χ0n) is 35.2. The van der Waals surface area contributed by atoms with Gasteiger partial charge in [-0.1, -0.05) is 52.8 Å². The minimum absolute atomic E-state index is 0.0680. The van der Waals surface area contributed by atoms with Gasteiger partial charge < -0.3 is 50.0 Å². The molecule has 5 aliphatic heterocycles. The fraction of sp³-hybridized carbons (Fsp3) is 0.591. The summed E-state index contributed by atoms with van der Waals surface area (Å²) in [6.07, 6.45) is 6.00. The normalized spacial score (nSPS) is 34.3. The lowest BCUT2D eigenvalue weighted by molar-refractivity contribution is -0.114. The van der Waals surface area contributed by atoms with E-state index >= 15 is 0 Å². The first kappa shape index (κ1) is 43.2. The molecule has 6 N–H and O–H groups in total. The van der Waals surface area contributed by atoms with Crippen LogP contribution in [0.1, 0.15) is 90.6 Å². The highest BCUT2D eigenvalue weighted by Gasteiger charge is 2.50. The van der Waals surface area contributed by atoms with Gasteiger partial charge in [0.15, 0.2) is 5.75 Å². The smallest absolute Gasteiger partial charge is 0.312 e. The molecular weight excluding hydrogens is 745 g/mol. The van der Waals surface area contributed by atoms with Crippen molar-refractivity contribution in [2.75, 3.05) is 25.5 Å². The van der Waals surface area contributed by atoms with Gasteiger partial charge in [-0.05, 0) is 33.3 Å². The Morgan fingerprint density at radius 3 is 2.22 bits per heavy atom. The topological polar surface area (TPSA) is 203 Å². The molecule has 58 heavy (non-hydrogen) atoms. The number of amides is 1. The summed E-state index contributed by atoms with van der Waals surface area (Å²) in [6, 6.07) is 0.368. The molecule has 2 aromatic carbocycles. The fourth-order valence-electron chi connectivity index (χ4n) is 8.82. The number of nitrogens with one attached hydrogen (secondary N) is 1. The number of hydrogen-bond acceptors (Lipinski definition) is 13. The molecule has 5 heterocycles. The van der Waals surface area contributed by atoms with Crippen LogP contribution in [0.4, 0.5) is 5.69 Å². The first-order valence-corrected chi connectivity index (χ1v) is 20.4. The van der Waals surface area contributed by atoms with E-state index < -0.39 is 77.0 Å². The van der Waals surface area contributed by atoms with Crippen molar-refractivity contribution in [2.24, 2.45) is 33.7 Å². The van der Waals surface area contributed by atoms with Crippen molar-refractivity contribution in [1.82, 2.24) is 4.90 Å². The molecule has 0 radical (unpaired) electrons. The Labute approximate surface area is 339 Å². The molecule has 14 nitrogen and oxygen atoms in total. The third kappa shape index (κ3) is 7.42. The lowest BCUT2D eigenvalue weighted by atomic mass is 9.78. The Morgan fingerprint density at radius 2 is 1.59 bits per heavy atom. The van der Waals surface area contributed by atoms with Crippen LogP contribution in [-0.4, -0.2) is 104 Å². The van der Waals surface area contributed by atoms with Crippen LogP contribution in [0.15, 0.2) is 46.1 Å². The first-order valence-electron chi connectivity index (χ1n) is 20.4. The molecule has 5 aliphatic rings. The van der Waals surface area contributed by atoms with Crippen molar-refractivity contribution in [3.05, 3.63) is 58.0 Å². The van der Waals surface area contributed by atoms with Crippen molar-refractivity contribution >= 4 is 28.2 Å². The molecule has 0 aliphatic carbocycles. The zero-order chi connectivity index (χ0) is 42.6. The molecule has 14 heteroatoms. The molecule has 5 bridgehead atoms. The number of likely N-dealkylation sites (tertiary alicyclic amines) is 1. The number of carbonyl (C=O) groups excluding carboxylic acids is 2. The molecule has 1 amide bonds. The second kappa shape index (κ2) is 16.4. The summed E-state index contributed by atoms with van der Waals surface area (Å²) in [5.74, 6) is -6.31. The van der Waals surface area contributed by atoms with E-state index in [1.165, 1.54) is 20.3 Å². The number of phenolic OH excluding ortho intramolecular Hbond substituents is 2. The average molecular weight is 805 g/mol. The molecule has 2 aromatic rings. The number of benzene rings is 2. The maximum Gasteiger partial charge on any atom is 0.312 e. The number of piperidine rings is 1. The number of hydrogen-bond donors (Lipinski definition) is 6. The Bertz CT molecular complexity index is 2180. The minimum Gasteiger partial charge on any atom is -0.507 e. The monoisotopic (exact) mass is 804 g/mol. The molecule has 0 saturated carbocycles. The lowest BCUT2D eigenvalue weighted by Gasteiger charge is -2.40. The molecule has 10 atom stereocenters. The van der Waals surface area contributed by atoms with Gasteiger partial charge in [0, 0.05) is 86.2 Å². The second-order valence-corrected chi connectivity index (χ2v) is 17.0. The molecule has 316 valence electrons. The number of allylic oxidation sites excluding steroid dienone is 2. The summed E-state index contributed by atoms with van der Waals surface area (Å²) in [5, 5.41) is 61.5. The van der Waals surface area contributed by atoms with E-state index in [1.807, 2.05) is 0 Å².